The number of carbonyl (C=O) groups excluding carboxylic acids is 1. The van der Waals surface area contributed by atoms with E-state index in [2.05, 4.69) is 0 Å². The molecule has 0 aromatic heterocycles. The van der Waals surface area contributed by atoms with Crippen molar-refractivity contribution < 1.29 is 26.5 Å². The first-order chi connectivity index (χ1) is 5.23. The van der Waals surface area contributed by atoms with Crippen LogP contribution in [0.5, 0.6) is 0 Å². The number of alkyl halides is 2. The Morgan fingerprint density at radius 2 is 1.92 bits per heavy atom. The van der Waals surface area contributed by atoms with Crippen molar-refractivity contribution in [2.24, 2.45) is 0 Å². The van der Waals surface area contributed by atoms with E-state index < -0.39 is 27.6 Å². The normalized spacial score (nSPS) is 13.0. The lowest BCUT2D eigenvalue weighted by Crippen LogP contribution is -2.37. The van der Waals surface area contributed by atoms with Crippen LogP contribution in [0.2, 0.25) is 0 Å². The van der Waals surface area contributed by atoms with Gasteiger partial charge in [0.25, 0.3) is 0 Å². The highest BCUT2D eigenvalue weighted by Gasteiger charge is 2.44. The Morgan fingerprint density at radius 3 is 2.17 bits per heavy atom. The second-order valence-corrected chi connectivity index (χ2v) is 3.57. The van der Waals surface area contributed by atoms with Crippen LogP contribution in [0.4, 0.5) is 8.78 Å². The van der Waals surface area contributed by atoms with Gasteiger partial charge in [0.2, 0.25) is 5.78 Å². The minimum atomic E-state index is -5.86. The van der Waals surface area contributed by atoms with Crippen LogP contribution in [-0.2, 0) is 14.9 Å². The summed E-state index contributed by atoms with van der Waals surface area (Å²) in [5.74, 6) is -1.85. The third kappa shape index (κ3) is 2.21. The molecule has 7 heteroatoms. The highest BCUT2D eigenvalue weighted by molar-refractivity contribution is 7.87. The summed E-state index contributed by atoms with van der Waals surface area (Å²) >= 11 is 0. The van der Waals surface area contributed by atoms with Gasteiger partial charge in [0.15, 0.2) is 10.1 Å². The number of Topliss-reactive ketones (excluding diaryl/α,β-unsaturated/α-hetero) is 1. The molecule has 0 rings (SSSR count). The van der Waals surface area contributed by atoms with Crippen molar-refractivity contribution in [3.05, 3.63) is 0 Å². The summed E-state index contributed by atoms with van der Waals surface area (Å²) in [6.07, 6.45) is -0.543. The van der Waals surface area contributed by atoms with E-state index in [0.717, 1.165) is 0 Å². The minimum Gasteiger partial charge on any atom is -0.743 e. The summed E-state index contributed by atoms with van der Waals surface area (Å²) in [5.41, 5.74) is 0. The van der Waals surface area contributed by atoms with Crippen LogP contribution in [0.3, 0.4) is 0 Å². The van der Waals surface area contributed by atoms with Crippen LogP contribution in [0.1, 0.15) is 19.8 Å². The zero-order chi connectivity index (χ0) is 9.99. The molecule has 0 radical (unpaired) electrons. The quantitative estimate of drug-likeness (QED) is 0.620. The van der Waals surface area contributed by atoms with Gasteiger partial charge < -0.3 is 4.55 Å². The standard InChI is InChI=1S/C5H8F2O4S/c1-2-3-4(8)5(6,7)12(9,10)11/h2-3H2,1H3,(H,9,10,11)/p-1. The topological polar surface area (TPSA) is 74.3 Å². The van der Waals surface area contributed by atoms with Crippen molar-refractivity contribution in [2.45, 2.75) is 25.0 Å². The van der Waals surface area contributed by atoms with Crippen LogP contribution in [0.25, 0.3) is 0 Å². The molecule has 0 aliphatic carbocycles. The summed E-state index contributed by atoms with van der Waals surface area (Å²) in [6.45, 7) is 1.42. The van der Waals surface area contributed by atoms with Gasteiger partial charge in [-0.2, -0.15) is 8.78 Å². The largest absolute Gasteiger partial charge is 0.743 e. The molecule has 0 fully saturated rings. The molecule has 4 nitrogen and oxygen atoms in total. The first-order valence-electron chi connectivity index (χ1n) is 3.10. The van der Waals surface area contributed by atoms with Gasteiger partial charge in [-0.1, -0.05) is 6.92 Å². The first-order valence-corrected chi connectivity index (χ1v) is 4.51. The van der Waals surface area contributed by atoms with Gasteiger partial charge in [0, 0.05) is 6.42 Å². The Balaban J connectivity index is 4.75. The van der Waals surface area contributed by atoms with Crippen LogP contribution in [-0.4, -0.2) is 24.0 Å². The zero-order valence-corrected chi connectivity index (χ0v) is 7.03. The molecule has 0 aliphatic heterocycles. The molecule has 0 amide bonds. The van der Waals surface area contributed by atoms with E-state index in [1.807, 2.05) is 0 Å². The maximum Gasteiger partial charge on any atom is 0.391 e. The van der Waals surface area contributed by atoms with Gasteiger partial charge in [-0.15, -0.1) is 0 Å². The molecule has 0 aromatic rings. The number of halogens is 2. The lowest BCUT2D eigenvalue weighted by molar-refractivity contribution is -0.133. The Morgan fingerprint density at radius 1 is 1.50 bits per heavy atom. The average molecular weight is 201 g/mol. The van der Waals surface area contributed by atoms with E-state index in [0.29, 0.717) is 0 Å². The van der Waals surface area contributed by atoms with E-state index in [1.165, 1.54) is 6.92 Å². The van der Waals surface area contributed by atoms with Gasteiger partial charge in [-0.3, -0.25) is 4.79 Å². The Bertz CT molecular complexity index is 269. The Labute approximate surface area is 68.3 Å². The smallest absolute Gasteiger partial charge is 0.391 e. The second-order valence-electron chi connectivity index (χ2n) is 2.14. The second kappa shape index (κ2) is 3.44. The predicted molar refractivity (Wildman–Crippen MR) is 34.6 cm³/mol. The molecule has 0 aliphatic rings. The Hall–Kier alpha value is -0.560. The van der Waals surface area contributed by atoms with Gasteiger partial charge in [0.1, 0.15) is 0 Å². The van der Waals surface area contributed by atoms with Gasteiger partial charge in [-0.25, -0.2) is 8.42 Å². The van der Waals surface area contributed by atoms with E-state index in [9.17, 15) is 26.5 Å². The zero-order valence-electron chi connectivity index (χ0n) is 6.21. The summed E-state index contributed by atoms with van der Waals surface area (Å²) in [5, 5.41) is -4.77. The summed E-state index contributed by atoms with van der Waals surface area (Å²) in [4.78, 5) is 10.4. The van der Waals surface area contributed by atoms with Crippen molar-refractivity contribution in [3.8, 4) is 0 Å². The summed E-state index contributed by atoms with van der Waals surface area (Å²) in [7, 11) is -5.86. The van der Waals surface area contributed by atoms with E-state index in [-0.39, 0.29) is 6.42 Å². The SMILES string of the molecule is CCCC(=O)C(F)(F)S(=O)(=O)[O-]. The Kier molecular flexibility index (Phi) is 3.28. The number of hydrogen-bond acceptors (Lipinski definition) is 4. The molecule has 0 saturated carbocycles. The fourth-order valence-corrected chi connectivity index (χ4v) is 0.893. The maximum atomic E-state index is 12.3. The molecule has 72 valence electrons. The van der Waals surface area contributed by atoms with Crippen molar-refractivity contribution in [1.29, 1.82) is 0 Å². The molecule has 0 saturated heterocycles. The number of carbonyl (C=O) groups is 1. The lowest BCUT2D eigenvalue weighted by atomic mass is 10.2. The predicted octanol–water partition coefficient (Wildman–Crippen LogP) is 0.494. The van der Waals surface area contributed by atoms with Gasteiger partial charge >= 0.3 is 5.25 Å². The van der Waals surface area contributed by atoms with Gasteiger partial charge in [0.05, 0.1) is 0 Å². The van der Waals surface area contributed by atoms with Crippen molar-refractivity contribution in [2.75, 3.05) is 0 Å². The molecule has 0 N–H and O–H groups in total. The molecular weight excluding hydrogens is 194 g/mol. The molecule has 0 spiro atoms. The number of hydrogen-bond donors (Lipinski definition) is 0. The summed E-state index contributed by atoms with van der Waals surface area (Å²) in [6, 6.07) is 0. The van der Waals surface area contributed by atoms with E-state index >= 15 is 0 Å². The number of ketones is 1. The fourth-order valence-electron chi connectivity index (χ4n) is 0.512. The van der Waals surface area contributed by atoms with Crippen molar-refractivity contribution >= 4 is 15.9 Å². The highest BCUT2D eigenvalue weighted by atomic mass is 32.2. The van der Waals surface area contributed by atoms with Crippen LogP contribution < -0.4 is 0 Å². The monoisotopic (exact) mass is 201 g/mol. The minimum absolute atomic E-state index is 0.0734. The first kappa shape index (κ1) is 11.4. The molecule has 0 bridgehead atoms. The number of rotatable bonds is 4. The van der Waals surface area contributed by atoms with Crippen LogP contribution >= 0.6 is 0 Å². The third-order valence-electron chi connectivity index (χ3n) is 1.12. The molecule has 0 atom stereocenters. The average Bonchev–Trinajstić information content (AvgIpc) is 1.85. The lowest BCUT2D eigenvalue weighted by Gasteiger charge is -2.17. The van der Waals surface area contributed by atoms with Gasteiger partial charge in [-0.05, 0) is 6.42 Å². The molecular formula is C5H7F2O4S-. The molecule has 12 heavy (non-hydrogen) atoms. The van der Waals surface area contributed by atoms with Crippen molar-refractivity contribution in [1.82, 2.24) is 0 Å². The van der Waals surface area contributed by atoms with E-state index in [4.69, 9.17) is 0 Å². The fraction of sp³-hybridized carbons (Fsp3) is 0.800. The molecule has 0 heterocycles. The van der Waals surface area contributed by atoms with Crippen LogP contribution in [0.15, 0.2) is 0 Å². The maximum absolute atomic E-state index is 12.3. The summed E-state index contributed by atoms with van der Waals surface area (Å²) < 4.78 is 54.1. The van der Waals surface area contributed by atoms with Crippen LogP contribution in [0, 0.1) is 0 Å². The molecule has 0 unspecified atom stereocenters. The molecule has 0 aromatic carbocycles. The van der Waals surface area contributed by atoms with E-state index in [1.54, 1.807) is 0 Å². The third-order valence-corrected chi connectivity index (χ3v) is 1.97. The highest BCUT2D eigenvalue weighted by Crippen LogP contribution is 2.23. The van der Waals surface area contributed by atoms with Crippen molar-refractivity contribution in [3.63, 3.8) is 0 Å².